The largest absolute Gasteiger partial charge is 0.493 e. The van der Waals surface area contributed by atoms with Gasteiger partial charge in [0.1, 0.15) is 5.82 Å². The van der Waals surface area contributed by atoms with E-state index in [0.717, 1.165) is 22.6 Å². The number of hydrogen-bond acceptors (Lipinski definition) is 7. The Bertz CT molecular complexity index is 1910. The highest BCUT2D eigenvalue weighted by atomic mass is 32.1. The topological polar surface area (TPSA) is 84.1 Å². The van der Waals surface area contributed by atoms with Crippen LogP contribution in [0.4, 0.5) is 4.39 Å². The molecule has 1 aliphatic rings. The number of rotatable bonds is 8. The first kappa shape index (κ1) is 30.0. The van der Waals surface area contributed by atoms with Crippen LogP contribution in [0.2, 0.25) is 0 Å². The normalized spacial score (nSPS) is 15.0. The van der Waals surface area contributed by atoms with E-state index in [2.05, 4.69) is 4.99 Å². The minimum atomic E-state index is -0.786. The molecule has 8 nitrogen and oxygen atoms in total. The number of methoxy groups -OCH3 is 1. The zero-order valence-electron chi connectivity index (χ0n) is 25.2. The number of halogens is 1. The molecule has 0 fully saturated rings. The fourth-order valence-corrected chi connectivity index (χ4v) is 6.41. The van der Waals surface area contributed by atoms with Crippen molar-refractivity contribution in [1.82, 2.24) is 9.13 Å². The van der Waals surface area contributed by atoms with E-state index in [0.29, 0.717) is 32.1 Å². The molecule has 0 saturated heterocycles. The molecule has 43 heavy (non-hydrogen) atoms. The molecule has 2 aromatic heterocycles. The van der Waals surface area contributed by atoms with Crippen molar-refractivity contribution >= 4 is 23.4 Å². The molecule has 224 valence electrons. The minimum Gasteiger partial charge on any atom is -0.493 e. The van der Waals surface area contributed by atoms with Crippen LogP contribution in [0.5, 0.6) is 11.5 Å². The van der Waals surface area contributed by atoms with Crippen LogP contribution >= 0.6 is 11.3 Å². The Morgan fingerprint density at radius 1 is 1.09 bits per heavy atom. The van der Waals surface area contributed by atoms with E-state index in [-0.39, 0.29) is 29.7 Å². The number of fused-ring (bicyclic) bond motifs is 1. The molecule has 0 radical (unpaired) electrons. The second-order valence-electron chi connectivity index (χ2n) is 10.5. The number of hydrogen-bond donors (Lipinski definition) is 0. The Morgan fingerprint density at radius 2 is 1.81 bits per heavy atom. The lowest BCUT2D eigenvalue weighted by molar-refractivity contribution is -0.139. The molecule has 1 atom stereocenters. The number of allylic oxidation sites excluding steroid dienone is 1. The van der Waals surface area contributed by atoms with Gasteiger partial charge in [0.2, 0.25) is 0 Å². The van der Waals surface area contributed by atoms with Gasteiger partial charge in [-0.05, 0) is 101 Å². The third kappa shape index (κ3) is 5.67. The highest BCUT2D eigenvalue weighted by Gasteiger charge is 2.34. The highest BCUT2D eigenvalue weighted by molar-refractivity contribution is 7.07. The van der Waals surface area contributed by atoms with Crippen molar-refractivity contribution in [1.29, 1.82) is 0 Å². The number of aromatic nitrogens is 2. The van der Waals surface area contributed by atoms with Crippen LogP contribution in [-0.4, -0.2) is 34.9 Å². The summed E-state index contributed by atoms with van der Waals surface area (Å²) in [5, 5.41) is 0. The lowest BCUT2D eigenvalue weighted by Crippen LogP contribution is -2.40. The second-order valence-corrected chi connectivity index (χ2v) is 11.5. The van der Waals surface area contributed by atoms with E-state index in [1.54, 1.807) is 49.8 Å². The van der Waals surface area contributed by atoms with Crippen LogP contribution in [0.3, 0.4) is 0 Å². The molecule has 0 saturated carbocycles. The Morgan fingerprint density at radius 3 is 2.47 bits per heavy atom. The van der Waals surface area contributed by atoms with Crippen LogP contribution in [0.1, 0.15) is 56.3 Å². The quantitative estimate of drug-likeness (QED) is 0.261. The summed E-state index contributed by atoms with van der Waals surface area (Å²) in [6.45, 7) is 11.4. The second kappa shape index (κ2) is 12.0. The lowest BCUT2D eigenvalue weighted by atomic mass is 9.95. The number of esters is 1. The van der Waals surface area contributed by atoms with Crippen LogP contribution in [0, 0.1) is 19.7 Å². The summed E-state index contributed by atoms with van der Waals surface area (Å²) in [5.74, 6) is 0.203. The van der Waals surface area contributed by atoms with Gasteiger partial charge in [-0.15, -0.1) is 0 Å². The summed E-state index contributed by atoms with van der Waals surface area (Å²) < 4.78 is 34.5. The van der Waals surface area contributed by atoms with Gasteiger partial charge in [0.05, 0.1) is 41.7 Å². The molecule has 0 spiro atoms. The maximum atomic E-state index is 14.1. The van der Waals surface area contributed by atoms with Gasteiger partial charge >= 0.3 is 5.97 Å². The van der Waals surface area contributed by atoms with E-state index in [1.165, 1.54) is 23.5 Å². The average Bonchev–Trinajstić information content (AvgIpc) is 3.42. The van der Waals surface area contributed by atoms with Gasteiger partial charge in [-0.2, -0.15) is 0 Å². The smallest absolute Gasteiger partial charge is 0.338 e. The Balaban J connectivity index is 1.69. The zero-order chi connectivity index (χ0) is 31.0. The van der Waals surface area contributed by atoms with Crippen molar-refractivity contribution in [3.63, 3.8) is 0 Å². The first-order valence-electron chi connectivity index (χ1n) is 14.0. The van der Waals surface area contributed by atoms with Crippen molar-refractivity contribution < 1.29 is 23.4 Å². The van der Waals surface area contributed by atoms with Crippen molar-refractivity contribution in [2.45, 2.75) is 53.7 Å². The number of benzene rings is 2. The number of nitrogens with zero attached hydrogens (tertiary/aromatic N) is 3. The van der Waals surface area contributed by atoms with E-state index in [1.807, 2.05) is 50.5 Å². The van der Waals surface area contributed by atoms with Gasteiger partial charge in [0.15, 0.2) is 16.3 Å². The molecule has 0 amide bonds. The zero-order valence-corrected chi connectivity index (χ0v) is 26.0. The summed E-state index contributed by atoms with van der Waals surface area (Å²) in [6.07, 6.45) is 1.77. The average molecular weight is 604 g/mol. The maximum absolute atomic E-state index is 14.1. The third-order valence-corrected chi connectivity index (χ3v) is 8.21. The van der Waals surface area contributed by atoms with Gasteiger partial charge in [-0.25, -0.2) is 14.2 Å². The van der Waals surface area contributed by atoms with Crippen molar-refractivity contribution in [2.75, 3.05) is 13.7 Å². The van der Waals surface area contributed by atoms with Crippen molar-refractivity contribution in [3.8, 4) is 17.2 Å². The van der Waals surface area contributed by atoms with Crippen molar-refractivity contribution in [3.05, 3.63) is 108 Å². The summed E-state index contributed by atoms with van der Waals surface area (Å²) >= 11 is 1.26. The number of thiazole rings is 1. The fourth-order valence-electron chi connectivity index (χ4n) is 5.37. The number of aryl methyl sites for hydroxylation is 1. The molecule has 0 N–H and O–H groups in total. The molecule has 5 rings (SSSR count). The maximum Gasteiger partial charge on any atom is 0.338 e. The predicted molar refractivity (Wildman–Crippen MR) is 164 cm³/mol. The minimum absolute atomic E-state index is 0.0697. The van der Waals surface area contributed by atoms with Gasteiger partial charge in [0, 0.05) is 17.1 Å². The molecule has 10 heteroatoms. The third-order valence-electron chi connectivity index (χ3n) is 7.22. The summed E-state index contributed by atoms with van der Waals surface area (Å²) in [5.41, 5.74) is 4.66. The van der Waals surface area contributed by atoms with E-state index in [4.69, 9.17) is 14.2 Å². The molecular weight excluding hydrogens is 569 g/mol. The van der Waals surface area contributed by atoms with E-state index >= 15 is 0 Å². The number of ether oxygens (including phenoxy) is 3. The molecule has 0 aliphatic carbocycles. The van der Waals surface area contributed by atoms with Crippen LogP contribution in [0.25, 0.3) is 11.8 Å². The van der Waals surface area contributed by atoms with E-state index in [9.17, 15) is 14.0 Å². The first-order chi connectivity index (χ1) is 20.5. The lowest BCUT2D eigenvalue weighted by Gasteiger charge is -2.25. The van der Waals surface area contributed by atoms with Crippen LogP contribution in [-0.2, 0) is 9.53 Å². The number of carbonyl (C=O) groups is 1. The predicted octanol–water partition coefficient (Wildman–Crippen LogP) is 5.14. The molecule has 4 aromatic rings. The SMILES string of the molecule is CCOC(=O)C1=C(C)N=c2s/c(=C/c3cc(C)n(-c4ccc(F)cc4)c3C)c(=O)n2[C@H]1c1ccc(OC(C)C)c(OC)c1. The summed E-state index contributed by atoms with van der Waals surface area (Å²) in [4.78, 5) is 32.5. The molecule has 1 aliphatic heterocycles. The van der Waals surface area contributed by atoms with E-state index < -0.39 is 12.0 Å². The van der Waals surface area contributed by atoms with Crippen LogP contribution < -0.4 is 24.4 Å². The van der Waals surface area contributed by atoms with Gasteiger partial charge in [-0.3, -0.25) is 9.36 Å². The highest BCUT2D eigenvalue weighted by Crippen LogP contribution is 2.36. The Kier molecular flexibility index (Phi) is 8.41. The Hall–Kier alpha value is -4.44. The molecule has 0 unspecified atom stereocenters. The van der Waals surface area contributed by atoms with Gasteiger partial charge in [0.25, 0.3) is 5.56 Å². The van der Waals surface area contributed by atoms with Crippen molar-refractivity contribution in [2.24, 2.45) is 4.99 Å². The fraction of sp³-hybridized carbons (Fsp3) is 0.303. The van der Waals surface area contributed by atoms with Gasteiger partial charge < -0.3 is 18.8 Å². The summed E-state index contributed by atoms with van der Waals surface area (Å²) in [7, 11) is 1.55. The number of carbonyl (C=O) groups excluding carboxylic acids is 1. The Labute approximate surface area is 253 Å². The molecule has 3 heterocycles. The molecule has 0 bridgehead atoms. The standard InChI is InChI=1S/C33H34FN3O5S/c1-8-41-32(39)29-20(5)35-33-37(30(29)22-9-14-26(42-18(2)3)27(16-22)40-7)31(38)28(43-33)17-23-15-19(4)36(21(23)6)25-12-10-24(34)11-13-25/h9-18,30H,8H2,1-7H3/b28-17+/t30-/m0/s1. The van der Waals surface area contributed by atoms with Crippen LogP contribution in [0.15, 0.2) is 69.6 Å². The molecule has 2 aromatic carbocycles. The summed E-state index contributed by atoms with van der Waals surface area (Å²) in [6, 6.07) is 12.9. The van der Waals surface area contributed by atoms with Gasteiger partial charge in [-0.1, -0.05) is 17.4 Å². The monoisotopic (exact) mass is 603 g/mol. The first-order valence-corrected chi connectivity index (χ1v) is 14.8. The molecular formula is C33H34FN3O5S.